The zero-order chi connectivity index (χ0) is 10.8. The molecule has 2 heterocycles. The minimum atomic E-state index is -0.545. The maximum absolute atomic E-state index is 10.2. The van der Waals surface area contributed by atoms with Crippen LogP contribution in [0.4, 0.5) is 0 Å². The first-order valence-corrected chi connectivity index (χ1v) is 5.40. The van der Waals surface area contributed by atoms with Gasteiger partial charge in [-0.05, 0) is 30.9 Å². The van der Waals surface area contributed by atoms with Gasteiger partial charge in [0.25, 0.3) is 0 Å². The van der Waals surface area contributed by atoms with Crippen LogP contribution in [0.15, 0.2) is 18.5 Å². The zero-order valence-corrected chi connectivity index (χ0v) is 9.18. The Morgan fingerprint density at radius 3 is 3.00 bits per heavy atom. The number of rotatable bonds is 2. The van der Waals surface area contributed by atoms with Gasteiger partial charge in [0, 0.05) is 24.6 Å². The molecule has 3 nitrogen and oxygen atoms in total. The van der Waals surface area contributed by atoms with Crippen molar-refractivity contribution in [2.24, 2.45) is 5.92 Å². The van der Waals surface area contributed by atoms with Crippen LogP contribution in [-0.2, 0) is 4.74 Å². The number of hydrogen-bond donors (Lipinski definition) is 1. The van der Waals surface area contributed by atoms with Gasteiger partial charge in [-0.1, -0.05) is 6.92 Å². The molecule has 1 N–H and O–H groups in total. The minimum Gasteiger partial charge on any atom is -0.386 e. The summed E-state index contributed by atoms with van der Waals surface area (Å²) >= 11 is 0. The lowest BCUT2D eigenvalue weighted by atomic mass is 9.94. The first-order valence-electron chi connectivity index (χ1n) is 5.40. The maximum atomic E-state index is 10.2. The Morgan fingerprint density at radius 2 is 2.40 bits per heavy atom. The van der Waals surface area contributed by atoms with Crippen molar-refractivity contribution >= 4 is 0 Å². The van der Waals surface area contributed by atoms with Gasteiger partial charge >= 0.3 is 0 Å². The molecule has 2 rings (SSSR count). The Hall–Kier alpha value is -0.930. The molecule has 1 saturated heterocycles. The summed E-state index contributed by atoms with van der Waals surface area (Å²) in [5.74, 6) is 0.416. The van der Waals surface area contributed by atoms with Crippen molar-refractivity contribution in [2.75, 3.05) is 6.61 Å². The number of pyridine rings is 1. The van der Waals surface area contributed by atoms with E-state index in [0.717, 1.165) is 24.2 Å². The van der Waals surface area contributed by atoms with E-state index in [4.69, 9.17) is 4.74 Å². The average molecular weight is 207 g/mol. The molecule has 0 aromatic carbocycles. The quantitative estimate of drug-likeness (QED) is 0.804. The number of aryl methyl sites for hydroxylation is 1. The van der Waals surface area contributed by atoms with Crippen LogP contribution in [-0.4, -0.2) is 22.8 Å². The van der Waals surface area contributed by atoms with Gasteiger partial charge in [0.1, 0.15) is 6.10 Å². The highest BCUT2D eigenvalue weighted by Crippen LogP contribution is 2.31. The Morgan fingerprint density at radius 1 is 1.60 bits per heavy atom. The predicted octanol–water partition coefficient (Wildman–Crippen LogP) is 1.85. The topological polar surface area (TPSA) is 42.4 Å². The molecule has 1 aromatic rings. The molecule has 0 bridgehead atoms. The molecule has 0 saturated carbocycles. The summed E-state index contributed by atoms with van der Waals surface area (Å²) in [6.45, 7) is 4.86. The van der Waals surface area contributed by atoms with Crippen molar-refractivity contribution in [3.05, 3.63) is 29.6 Å². The van der Waals surface area contributed by atoms with Crippen LogP contribution in [0, 0.1) is 12.8 Å². The fourth-order valence-electron chi connectivity index (χ4n) is 2.08. The SMILES string of the molecule is Cc1ccncc1C(O)C1OCCC1C. The highest BCUT2D eigenvalue weighted by atomic mass is 16.5. The molecule has 0 aliphatic carbocycles. The van der Waals surface area contributed by atoms with E-state index in [9.17, 15) is 5.11 Å². The van der Waals surface area contributed by atoms with Crippen LogP contribution in [0.5, 0.6) is 0 Å². The van der Waals surface area contributed by atoms with Crippen molar-refractivity contribution in [2.45, 2.75) is 32.5 Å². The summed E-state index contributed by atoms with van der Waals surface area (Å²) in [6.07, 6.45) is 3.88. The third-order valence-corrected chi connectivity index (χ3v) is 3.15. The monoisotopic (exact) mass is 207 g/mol. The number of ether oxygens (including phenoxy) is 1. The molecule has 3 atom stereocenters. The number of aliphatic hydroxyl groups is 1. The van der Waals surface area contributed by atoms with Crippen LogP contribution < -0.4 is 0 Å². The highest BCUT2D eigenvalue weighted by Gasteiger charge is 2.32. The van der Waals surface area contributed by atoms with Crippen molar-refractivity contribution in [1.29, 1.82) is 0 Å². The third kappa shape index (κ3) is 2.03. The largest absolute Gasteiger partial charge is 0.386 e. The van der Waals surface area contributed by atoms with Crippen LogP contribution in [0.3, 0.4) is 0 Å². The molecule has 0 spiro atoms. The van der Waals surface area contributed by atoms with Crippen molar-refractivity contribution in [1.82, 2.24) is 4.98 Å². The Labute approximate surface area is 90.1 Å². The van der Waals surface area contributed by atoms with Crippen LogP contribution >= 0.6 is 0 Å². The molecule has 15 heavy (non-hydrogen) atoms. The smallest absolute Gasteiger partial charge is 0.107 e. The number of aliphatic hydroxyl groups excluding tert-OH is 1. The van der Waals surface area contributed by atoms with E-state index in [2.05, 4.69) is 11.9 Å². The summed E-state index contributed by atoms with van der Waals surface area (Å²) in [5, 5.41) is 10.2. The minimum absolute atomic E-state index is 0.0760. The molecule has 1 aromatic heterocycles. The fourth-order valence-corrected chi connectivity index (χ4v) is 2.08. The van der Waals surface area contributed by atoms with Crippen LogP contribution in [0.1, 0.15) is 30.6 Å². The lowest BCUT2D eigenvalue weighted by Gasteiger charge is -2.22. The normalized spacial score (nSPS) is 27.9. The molecular formula is C12H17NO2. The number of aromatic nitrogens is 1. The van der Waals surface area contributed by atoms with Gasteiger partial charge in [-0.2, -0.15) is 0 Å². The van der Waals surface area contributed by atoms with E-state index in [-0.39, 0.29) is 6.10 Å². The lowest BCUT2D eigenvalue weighted by Crippen LogP contribution is -2.23. The van der Waals surface area contributed by atoms with Crippen LogP contribution in [0.25, 0.3) is 0 Å². The maximum Gasteiger partial charge on any atom is 0.107 e. The summed E-state index contributed by atoms with van der Waals surface area (Å²) in [4.78, 5) is 4.05. The standard InChI is InChI=1S/C12H17NO2/c1-8-3-5-13-7-10(8)11(14)12-9(2)4-6-15-12/h3,5,7,9,11-12,14H,4,6H2,1-2H3. The van der Waals surface area contributed by atoms with E-state index in [0.29, 0.717) is 5.92 Å². The van der Waals surface area contributed by atoms with Gasteiger partial charge in [-0.25, -0.2) is 0 Å². The van der Waals surface area contributed by atoms with Gasteiger partial charge in [0.05, 0.1) is 6.10 Å². The Bertz CT molecular complexity index is 340. The van der Waals surface area contributed by atoms with Gasteiger partial charge in [-0.15, -0.1) is 0 Å². The van der Waals surface area contributed by atoms with Crippen LogP contribution in [0.2, 0.25) is 0 Å². The average Bonchev–Trinajstić information content (AvgIpc) is 2.64. The Kier molecular flexibility index (Phi) is 3.03. The van der Waals surface area contributed by atoms with E-state index in [1.807, 2.05) is 13.0 Å². The Balaban J connectivity index is 2.20. The van der Waals surface area contributed by atoms with Crippen molar-refractivity contribution < 1.29 is 9.84 Å². The number of nitrogens with zero attached hydrogens (tertiary/aromatic N) is 1. The molecule has 1 aliphatic rings. The summed E-state index contributed by atoms with van der Waals surface area (Å²) in [5.41, 5.74) is 1.96. The first kappa shape index (κ1) is 10.6. The second kappa shape index (κ2) is 4.29. The molecule has 1 fully saturated rings. The molecule has 0 radical (unpaired) electrons. The van der Waals surface area contributed by atoms with E-state index in [1.54, 1.807) is 12.4 Å². The predicted molar refractivity (Wildman–Crippen MR) is 57.5 cm³/mol. The summed E-state index contributed by atoms with van der Waals surface area (Å²) < 4.78 is 5.56. The zero-order valence-electron chi connectivity index (χ0n) is 9.18. The van der Waals surface area contributed by atoms with Crippen molar-refractivity contribution in [3.8, 4) is 0 Å². The molecule has 82 valence electrons. The first-order chi connectivity index (χ1) is 7.20. The third-order valence-electron chi connectivity index (χ3n) is 3.15. The number of hydrogen-bond acceptors (Lipinski definition) is 3. The van der Waals surface area contributed by atoms with Gasteiger partial charge < -0.3 is 9.84 Å². The van der Waals surface area contributed by atoms with E-state index < -0.39 is 6.10 Å². The molecule has 3 unspecified atom stereocenters. The molecule has 1 aliphatic heterocycles. The van der Waals surface area contributed by atoms with E-state index in [1.165, 1.54) is 0 Å². The van der Waals surface area contributed by atoms with Crippen molar-refractivity contribution in [3.63, 3.8) is 0 Å². The highest BCUT2D eigenvalue weighted by molar-refractivity contribution is 5.24. The molecule has 0 amide bonds. The summed E-state index contributed by atoms with van der Waals surface area (Å²) in [7, 11) is 0. The van der Waals surface area contributed by atoms with Gasteiger partial charge in [0.2, 0.25) is 0 Å². The summed E-state index contributed by atoms with van der Waals surface area (Å²) in [6, 6.07) is 1.91. The van der Waals surface area contributed by atoms with Gasteiger partial charge in [0.15, 0.2) is 0 Å². The second-order valence-electron chi connectivity index (χ2n) is 4.28. The lowest BCUT2D eigenvalue weighted by molar-refractivity contribution is -0.0182. The molecule has 3 heteroatoms. The fraction of sp³-hybridized carbons (Fsp3) is 0.583. The van der Waals surface area contributed by atoms with E-state index >= 15 is 0 Å². The second-order valence-corrected chi connectivity index (χ2v) is 4.28. The van der Waals surface area contributed by atoms with Gasteiger partial charge in [-0.3, -0.25) is 4.98 Å². The molecular weight excluding hydrogens is 190 g/mol.